The molecule has 1 aromatic carbocycles. The maximum absolute atomic E-state index is 12.5. The fourth-order valence-electron chi connectivity index (χ4n) is 2.68. The standard InChI is InChI=1S/C16H22N2O2S/c1-4-18-11-13(9-15(18)19)16(20)17(2)10-12-6-5-7-14(8-12)21-3/h5-8,13H,4,9-11H2,1-3H3/t13-/m1/s1. The number of carbonyl (C=O) groups is 2. The van der Waals surface area contributed by atoms with Gasteiger partial charge in [-0.1, -0.05) is 12.1 Å². The lowest BCUT2D eigenvalue weighted by atomic mass is 10.1. The Morgan fingerprint density at radius 2 is 2.24 bits per heavy atom. The molecule has 1 saturated heterocycles. The van der Waals surface area contributed by atoms with E-state index in [4.69, 9.17) is 0 Å². The van der Waals surface area contributed by atoms with Gasteiger partial charge in [-0.3, -0.25) is 9.59 Å². The largest absolute Gasteiger partial charge is 0.342 e. The van der Waals surface area contributed by atoms with E-state index in [-0.39, 0.29) is 17.7 Å². The van der Waals surface area contributed by atoms with Crippen LogP contribution in [0.4, 0.5) is 0 Å². The highest BCUT2D eigenvalue weighted by Gasteiger charge is 2.34. The minimum absolute atomic E-state index is 0.0638. The van der Waals surface area contributed by atoms with Crippen molar-refractivity contribution in [1.29, 1.82) is 0 Å². The molecule has 5 heteroatoms. The maximum Gasteiger partial charge on any atom is 0.228 e. The van der Waals surface area contributed by atoms with Crippen LogP contribution in [-0.2, 0) is 16.1 Å². The van der Waals surface area contributed by atoms with Gasteiger partial charge in [0.1, 0.15) is 0 Å². The number of hydrogen-bond donors (Lipinski definition) is 0. The van der Waals surface area contributed by atoms with Crippen LogP contribution in [0.1, 0.15) is 18.9 Å². The van der Waals surface area contributed by atoms with E-state index in [2.05, 4.69) is 12.1 Å². The molecule has 1 aliphatic rings. The monoisotopic (exact) mass is 306 g/mol. The van der Waals surface area contributed by atoms with Crippen LogP contribution >= 0.6 is 11.8 Å². The van der Waals surface area contributed by atoms with Crippen LogP contribution < -0.4 is 0 Å². The molecule has 0 aliphatic carbocycles. The minimum atomic E-state index is -0.189. The van der Waals surface area contributed by atoms with Crippen molar-refractivity contribution in [1.82, 2.24) is 9.80 Å². The van der Waals surface area contributed by atoms with E-state index in [0.717, 1.165) is 5.56 Å². The van der Waals surface area contributed by atoms with Crippen molar-refractivity contribution in [3.8, 4) is 0 Å². The molecule has 1 atom stereocenters. The molecule has 1 fully saturated rings. The summed E-state index contributed by atoms with van der Waals surface area (Å²) >= 11 is 1.69. The first-order valence-corrected chi connectivity index (χ1v) is 8.43. The SMILES string of the molecule is CCN1C[C@H](C(=O)N(C)Cc2cccc(SC)c2)CC1=O. The molecule has 1 aliphatic heterocycles. The zero-order chi connectivity index (χ0) is 15.4. The summed E-state index contributed by atoms with van der Waals surface area (Å²) < 4.78 is 0. The van der Waals surface area contributed by atoms with Crippen molar-refractivity contribution in [2.45, 2.75) is 24.8 Å². The highest BCUT2D eigenvalue weighted by atomic mass is 32.2. The summed E-state index contributed by atoms with van der Waals surface area (Å²) in [7, 11) is 1.81. The van der Waals surface area contributed by atoms with Crippen LogP contribution in [0.15, 0.2) is 29.2 Å². The molecule has 4 nitrogen and oxygen atoms in total. The topological polar surface area (TPSA) is 40.6 Å². The van der Waals surface area contributed by atoms with Crippen LogP contribution in [0.25, 0.3) is 0 Å². The summed E-state index contributed by atoms with van der Waals surface area (Å²) in [4.78, 5) is 28.9. The zero-order valence-corrected chi connectivity index (χ0v) is 13.7. The smallest absolute Gasteiger partial charge is 0.228 e. The van der Waals surface area contributed by atoms with Crippen molar-refractivity contribution in [3.05, 3.63) is 29.8 Å². The van der Waals surface area contributed by atoms with E-state index < -0.39 is 0 Å². The summed E-state index contributed by atoms with van der Waals surface area (Å²) in [6.07, 6.45) is 2.39. The number of rotatable bonds is 5. The second-order valence-electron chi connectivity index (χ2n) is 5.38. The lowest BCUT2D eigenvalue weighted by molar-refractivity contribution is -0.135. The highest BCUT2D eigenvalue weighted by Crippen LogP contribution is 2.21. The van der Waals surface area contributed by atoms with Crippen LogP contribution in [0.3, 0.4) is 0 Å². The number of likely N-dealkylation sites (tertiary alicyclic amines) is 1. The van der Waals surface area contributed by atoms with E-state index in [9.17, 15) is 9.59 Å². The van der Waals surface area contributed by atoms with Gasteiger partial charge < -0.3 is 9.80 Å². The van der Waals surface area contributed by atoms with E-state index >= 15 is 0 Å². The van der Waals surface area contributed by atoms with Gasteiger partial charge in [0.2, 0.25) is 11.8 Å². The van der Waals surface area contributed by atoms with Crippen molar-refractivity contribution >= 4 is 23.6 Å². The zero-order valence-electron chi connectivity index (χ0n) is 12.8. The molecule has 21 heavy (non-hydrogen) atoms. The summed E-state index contributed by atoms with van der Waals surface area (Å²) in [5.74, 6) is -0.0336. The molecular formula is C16H22N2O2S. The molecule has 0 N–H and O–H groups in total. The number of thioether (sulfide) groups is 1. The van der Waals surface area contributed by atoms with Gasteiger partial charge in [0.05, 0.1) is 5.92 Å². The van der Waals surface area contributed by atoms with Crippen LogP contribution in [0.2, 0.25) is 0 Å². The molecule has 0 aromatic heterocycles. The van der Waals surface area contributed by atoms with Gasteiger partial charge >= 0.3 is 0 Å². The summed E-state index contributed by atoms with van der Waals surface area (Å²) in [5, 5.41) is 0. The van der Waals surface area contributed by atoms with Crippen molar-refractivity contribution in [2.24, 2.45) is 5.92 Å². The van der Waals surface area contributed by atoms with Gasteiger partial charge in [-0.15, -0.1) is 11.8 Å². The predicted molar refractivity (Wildman–Crippen MR) is 85.1 cm³/mol. The third-order valence-corrected chi connectivity index (χ3v) is 4.60. The first-order chi connectivity index (χ1) is 10.0. The van der Waals surface area contributed by atoms with Crippen molar-refractivity contribution in [3.63, 3.8) is 0 Å². The second kappa shape index (κ2) is 6.98. The number of carbonyl (C=O) groups excluding carboxylic acids is 2. The molecule has 0 radical (unpaired) electrons. The van der Waals surface area contributed by atoms with Crippen molar-refractivity contribution in [2.75, 3.05) is 26.4 Å². The Labute approximate surface area is 130 Å². The predicted octanol–water partition coefficient (Wildman–Crippen LogP) is 2.24. The third kappa shape index (κ3) is 3.79. The third-order valence-electron chi connectivity index (χ3n) is 3.88. The molecule has 2 rings (SSSR count). The van der Waals surface area contributed by atoms with Gasteiger partial charge in [-0.25, -0.2) is 0 Å². The molecule has 0 spiro atoms. The first-order valence-electron chi connectivity index (χ1n) is 7.20. The molecule has 0 unspecified atom stereocenters. The van der Waals surface area contributed by atoms with Crippen LogP contribution in [0.5, 0.6) is 0 Å². The number of hydrogen-bond acceptors (Lipinski definition) is 3. The molecule has 1 aromatic rings. The second-order valence-corrected chi connectivity index (χ2v) is 6.26. The molecule has 114 valence electrons. The van der Waals surface area contributed by atoms with E-state index in [1.54, 1.807) is 21.6 Å². The molecule has 0 saturated carbocycles. The Balaban J connectivity index is 1.98. The van der Waals surface area contributed by atoms with Crippen LogP contribution in [-0.4, -0.2) is 48.0 Å². The maximum atomic E-state index is 12.5. The number of amides is 2. The van der Waals surface area contributed by atoms with E-state index in [0.29, 0.717) is 26.1 Å². The lowest BCUT2D eigenvalue weighted by Crippen LogP contribution is -2.34. The summed E-state index contributed by atoms with van der Waals surface area (Å²) in [6, 6.07) is 8.20. The fourth-order valence-corrected chi connectivity index (χ4v) is 3.16. The highest BCUT2D eigenvalue weighted by molar-refractivity contribution is 7.98. The molecule has 0 bridgehead atoms. The number of benzene rings is 1. The Morgan fingerprint density at radius 1 is 1.48 bits per heavy atom. The van der Waals surface area contributed by atoms with Crippen molar-refractivity contribution < 1.29 is 9.59 Å². The normalized spacial score (nSPS) is 18.1. The Morgan fingerprint density at radius 3 is 2.86 bits per heavy atom. The average Bonchev–Trinajstić information content (AvgIpc) is 2.87. The quantitative estimate of drug-likeness (QED) is 0.783. The Kier molecular flexibility index (Phi) is 5.28. The first kappa shape index (κ1) is 15.9. The molecule has 2 amide bonds. The van der Waals surface area contributed by atoms with Gasteiger partial charge in [0.15, 0.2) is 0 Å². The van der Waals surface area contributed by atoms with Crippen LogP contribution in [0, 0.1) is 5.92 Å². The lowest BCUT2D eigenvalue weighted by Gasteiger charge is -2.21. The minimum Gasteiger partial charge on any atom is -0.342 e. The van der Waals surface area contributed by atoms with Gasteiger partial charge in [-0.2, -0.15) is 0 Å². The Hall–Kier alpha value is -1.49. The van der Waals surface area contributed by atoms with E-state index in [1.165, 1.54) is 4.90 Å². The number of nitrogens with zero attached hydrogens (tertiary/aromatic N) is 2. The van der Waals surface area contributed by atoms with Gasteiger partial charge in [-0.05, 0) is 30.9 Å². The van der Waals surface area contributed by atoms with Gasteiger partial charge in [0.25, 0.3) is 0 Å². The molecule has 1 heterocycles. The fraction of sp³-hybridized carbons (Fsp3) is 0.500. The summed E-state index contributed by atoms with van der Waals surface area (Å²) in [6.45, 7) is 3.78. The molecular weight excluding hydrogens is 284 g/mol. The Bertz CT molecular complexity index is 533. The summed E-state index contributed by atoms with van der Waals surface area (Å²) in [5.41, 5.74) is 1.12. The van der Waals surface area contributed by atoms with E-state index in [1.807, 2.05) is 32.4 Å². The van der Waals surface area contributed by atoms with Gasteiger partial charge in [0, 0.05) is 38.0 Å². The average molecular weight is 306 g/mol.